The van der Waals surface area contributed by atoms with E-state index in [-0.39, 0.29) is 6.42 Å². The van der Waals surface area contributed by atoms with Crippen LogP contribution in [0.2, 0.25) is 0 Å². The van der Waals surface area contributed by atoms with Crippen molar-refractivity contribution in [1.82, 2.24) is 15.2 Å². The highest BCUT2D eigenvalue weighted by Gasteiger charge is 2.05. The molecule has 1 heterocycles. The number of aryl methyl sites for hydroxylation is 2. The number of aliphatic carboxylic acids is 1. The largest absolute Gasteiger partial charge is 0.481 e. The minimum absolute atomic E-state index is 0.263. The Kier molecular flexibility index (Phi) is 7.54. The predicted octanol–water partition coefficient (Wildman–Crippen LogP) is 2.44. The standard InChI is InChI=1S/C14H24N4O2/c1-3-11-12(4-2)17-18-14(16-11)15-10-8-6-5-7-9-13(19)20/h3-10H2,1-2H3,(H,19,20)(H,15,16,18). The third-order valence-corrected chi connectivity index (χ3v) is 3.11. The summed E-state index contributed by atoms with van der Waals surface area (Å²) in [5.41, 5.74) is 1.97. The fraction of sp³-hybridized carbons (Fsp3) is 0.714. The number of hydrogen-bond donors (Lipinski definition) is 2. The van der Waals surface area contributed by atoms with Gasteiger partial charge < -0.3 is 10.4 Å². The molecule has 0 bridgehead atoms. The number of aromatic nitrogens is 3. The quantitative estimate of drug-likeness (QED) is 0.640. The number of carboxylic acid groups (broad SMARTS) is 1. The molecule has 20 heavy (non-hydrogen) atoms. The van der Waals surface area contributed by atoms with E-state index in [0.29, 0.717) is 5.95 Å². The first-order chi connectivity index (χ1) is 9.67. The Hall–Kier alpha value is -1.72. The molecule has 0 aliphatic heterocycles. The predicted molar refractivity (Wildman–Crippen MR) is 77.8 cm³/mol. The van der Waals surface area contributed by atoms with E-state index in [0.717, 1.165) is 56.5 Å². The highest BCUT2D eigenvalue weighted by Crippen LogP contribution is 2.07. The molecule has 1 aromatic heterocycles. The van der Waals surface area contributed by atoms with Crippen molar-refractivity contribution in [3.05, 3.63) is 11.4 Å². The van der Waals surface area contributed by atoms with E-state index in [1.807, 2.05) is 0 Å². The fourth-order valence-electron chi connectivity index (χ4n) is 1.97. The molecule has 0 atom stereocenters. The first kappa shape index (κ1) is 16.3. The molecule has 0 aromatic carbocycles. The van der Waals surface area contributed by atoms with Crippen molar-refractivity contribution >= 4 is 11.9 Å². The van der Waals surface area contributed by atoms with Crippen LogP contribution in [0, 0.1) is 0 Å². The second kappa shape index (κ2) is 9.23. The summed E-state index contributed by atoms with van der Waals surface area (Å²) in [7, 11) is 0. The van der Waals surface area contributed by atoms with E-state index >= 15 is 0 Å². The Morgan fingerprint density at radius 1 is 1.05 bits per heavy atom. The lowest BCUT2D eigenvalue weighted by atomic mass is 10.1. The van der Waals surface area contributed by atoms with Crippen LogP contribution in [0.5, 0.6) is 0 Å². The SMILES string of the molecule is CCc1nnc(NCCCCCCC(=O)O)nc1CC. The molecule has 0 saturated heterocycles. The summed E-state index contributed by atoms with van der Waals surface area (Å²) in [6.07, 6.45) is 5.68. The first-order valence-corrected chi connectivity index (χ1v) is 7.35. The number of unbranched alkanes of at least 4 members (excludes halogenated alkanes) is 3. The van der Waals surface area contributed by atoms with Gasteiger partial charge in [-0.2, -0.15) is 5.10 Å². The van der Waals surface area contributed by atoms with E-state index < -0.39 is 5.97 Å². The van der Waals surface area contributed by atoms with Crippen molar-refractivity contribution in [1.29, 1.82) is 0 Å². The van der Waals surface area contributed by atoms with Crippen LogP contribution in [-0.2, 0) is 17.6 Å². The number of carbonyl (C=O) groups is 1. The van der Waals surface area contributed by atoms with Crippen molar-refractivity contribution in [2.24, 2.45) is 0 Å². The van der Waals surface area contributed by atoms with Crippen molar-refractivity contribution in [2.45, 2.75) is 58.8 Å². The average Bonchev–Trinajstić information content (AvgIpc) is 2.45. The van der Waals surface area contributed by atoms with E-state index in [1.165, 1.54) is 0 Å². The second-order valence-corrected chi connectivity index (χ2v) is 4.72. The molecule has 1 rings (SSSR count). The summed E-state index contributed by atoms with van der Waals surface area (Å²) in [4.78, 5) is 14.8. The van der Waals surface area contributed by atoms with Crippen LogP contribution in [0.4, 0.5) is 5.95 Å². The van der Waals surface area contributed by atoms with Gasteiger partial charge in [-0.05, 0) is 25.7 Å². The third-order valence-electron chi connectivity index (χ3n) is 3.11. The zero-order valence-corrected chi connectivity index (χ0v) is 12.4. The number of nitrogens with zero attached hydrogens (tertiary/aromatic N) is 3. The monoisotopic (exact) mass is 280 g/mol. The van der Waals surface area contributed by atoms with Gasteiger partial charge in [-0.3, -0.25) is 4.79 Å². The van der Waals surface area contributed by atoms with Crippen LogP contribution in [0.1, 0.15) is 57.3 Å². The Labute approximate surface area is 120 Å². The van der Waals surface area contributed by atoms with Gasteiger partial charge in [-0.1, -0.05) is 26.7 Å². The first-order valence-electron chi connectivity index (χ1n) is 7.35. The molecule has 0 unspecified atom stereocenters. The van der Waals surface area contributed by atoms with Gasteiger partial charge in [0.2, 0.25) is 5.95 Å². The molecule has 0 aliphatic carbocycles. The highest BCUT2D eigenvalue weighted by atomic mass is 16.4. The minimum atomic E-state index is -0.717. The van der Waals surface area contributed by atoms with Gasteiger partial charge in [0.15, 0.2) is 0 Å². The Morgan fingerprint density at radius 2 is 1.75 bits per heavy atom. The number of carboxylic acids is 1. The maximum absolute atomic E-state index is 10.3. The topological polar surface area (TPSA) is 88.0 Å². The lowest BCUT2D eigenvalue weighted by molar-refractivity contribution is -0.137. The zero-order valence-electron chi connectivity index (χ0n) is 12.4. The minimum Gasteiger partial charge on any atom is -0.481 e. The number of nitrogens with one attached hydrogen (secondary N) is 1. The molecule has 6 nitrogen and oxygen atoms in total. The lowest BCUT2D eigenvalue weighted by Crippen LogP contribution is -2.10. The molecule has 0 fully saturated rings. The summed E-state index contributed by atoms with van der Waals surface area (Å²) >= 11 is 0. The average molecular weight is 280 g/mol. The van der Waals surface area contributed by atoms with Crippen molar-refractivity contribution in [3.8, 4) is 0 Å². The third kappa shape index (κ3) is 5.95. The molecule has 0 saturated carbocycles. The maximum Gasteiger partial charge on any atom is 0.303 e. The van der Waals surface area contributed by atoms with Gasteiger partial charge >= 0.3 is 5.97 Å². The number of hydrogen-bond acceptors (Lipinski definition) is 5. The molecule has 0 amide bonds. The van der Waals surface area contributed by atoms with Crippen LogP contribution in [0.3, 0.4) is 0 Å². The Bertz CT molecular complexity index is 424. The molecule has 0 spiro atoms. The zero-order chi connectivity index (χ0) is 14.8. The van der Waals surface area contributed by atoms with Crippen molar-refractivity contribution in [2.75, 3.05) is 11.9 Å². The van der Waals surface area contributed by atoms with E-state index in [1.54, 1.807) is 0 Å². The molecule has 2 N–H and O–H groups in total. The van der Waals surface area contributed by atoms with Crippen LogP contribution >= 0.6 is 0 Å². The number of anilines is 1. The van der Waals surface area contributed by atoms with Crippen LogP contribution in [0.15, 0.2) is 0 Å². The molecule has 0 aliphatic rings. The molecule has 112 valence electrons. The van der Waals surface area contributed by atoms with Gasteiger partial charge in [0.05, 0.1) is 11.4 Å². The summed E-state index contributed by atoms with van der Waals surface area (Å²) in [5, 5.41) is 19.9. The van der Waals surface area contributed by atoms with Crippen LogP contribution in [-0.4, -0.2) is 32.8 Å². The highest BCUT2D eigenvalue weighted by molar-refractivity contribution is 5.66. The molecular formula is C14H24N4O2. The Balaban J connectivity index is 2.23. The summed E-state index contributed by atoms with van der Waals surface area (Å²) in [6, 6.07) is 0. The van der Waals surface area contributed by atoms with Crippen molar-refractivity contribution < 1.29 is 9.90 Å². The smallest absolute Gasteiger partial charge is 0.303 e. The summed E-state index contributed by atoms with van der Waals surface area (Å²) < 4.78 is 0. The van der Waals surface area contributed by atoms with Gasteiger partial charge in [0.1, 0.15) is 0 Å². The molecular weight excluding hydrogens is 256 g/mol. The molecule has 0 radical (unpaired) electrons. The summed E-state index contributed by atoms with van der Waals surface area (Å²) in [6.45, 7) is 4.91. The van der Waals surface area contributed by atoms with Gasteiger partial charge in [-0.15, -0.1) is 5.10 Å². The second-order valence-electron chi connectivity index (χ2n) is 4.72. The summed E-state index contributed by atoms with van der Waals surface area (Å²) in [5.74, 6) is -0.129. The van der Waals surface area contributed by atoms with E-state index in [4.69, 9.17) is 5.11 Å². The van der Waals surface area contributed by atoms with Crippen LogP contribution < -0.4 is 5.32 Å². The fourth-order valence-corrected chi connectivity index (χ4v) is 1.97. The van der Waals surface area contributed by atoms with Gasteiger partial charge in [0.25, 0.3) is 0 Å². The molecule has 1 aromatic rings. The van der Waals surface area contributed by atoms with Gasteiger partial charge in [0, 0.05) is 13.0 Å². The van der Waals surface area contributed by atoms with Crippen molar-refractivity contribution in [3.63, 3.8) is 0 Å². The Morgan fingerprint density at radius 3 is 2.40 bits per heavy atom. The van der Waals surface area contributed by atoms with Gasteiger partial charge in [-0.25, -0.2) is 4.98 Å². The maximum atomic E-state index is 10.3. The van der Waals surface area contributed by atoms with E-state index in [9.17, 15) is 4.79 Å². The lowest BCUT2D eigenvalue weighted by Gasteiger charge is -2.07. The normalized spacial score (nSPS) is 10.5. The van der Waals surface area contributed by atoms with Crippen LogP contribution in [0.25, 0.3) is 0 Å². The molecule has 6 heteroatoms. The number of rotatable bonds is 10. The van der Waals surface area contributed by atoms with E-state index in [2.05, 4.69) is 34.3 Å².